The molecule has 0 spiro atoms. The van der Waals surface area contributed by atoms with Crippen LogP contribution in [-0.2, 0) is 17.8 Å². The Morgan fingerprint density at radius 3 is 2.54 bits per heavy atom. The van der Waals surface area contributed by atoms with E-state index in [0.29, 0.717) is 24.2 Å². The van der Waals surface area contributed by atoms with E-state index in [9.17, 15) is 9.59 Å². The summed E-state index contributed by atoms with van der Waals surface area (Å²) in [5.41, 5.74) is 1.26. The molecule has 2 rings (SSSR count). The lowest BCUT2D eigenvalue weighted by atomic mass is 10.2. The first-order valence-electron chi connectivity index (χ1n) is 8.20. The Morgan fingerprint density at radius 2 is 1.92 bits per heavy atom. The second kappa shape index (κ2) is 8.29. The molecule has 128 valence electrons. The molecule has 0 fully saturated rings. The van der Waals surface area contributed by atoms with E-state index < -0.39 is 0 Å². The third kappa shape index (κ3) is 4.94. The fourth-order valence-electron chi connectivity index (χ4n) is 2.35. The number of aromatic nitrogens is 2. The number of hydrogen-bond donors (Lipinski definition) is 2. The largest absolute Gasteiger partial charge is 0.350 e. The van der Waals surface area contributed by atoms with Crippen molar-refractivity contribution in [2.45, 2.75) is 46.2 Å². The minimum Gasteiger partial charge on any atom is -0.350 e. The first-order valence-corrected chi connectivity index (χ1v) is 8.20. The van der Waals surface area contributed by atoms with E-state index in [1.54, 1.807) is 30.5 Å². The zero-order valence-corrected chi connectivity index (χ0v) is 14.4. The maximum Gasteiger partial charge on any atom is 0.251 e. The van der Waals surface area contributed by atoms with E-state index in [1.807, 2.05) is 31.5 Å². The van der Waals surface area contributed by atoms with Crippen LogP contribution in [0, 0.1) is 0 Å². The molecule has 24 heavy (non-hydrogen) atoms. The number of benzene rings is 1. The van der Waals surface area contributed by atoms with Crippen LogP contribution >= 0.6 is 0 Å². The maximum atomic E-state index is 12.0. The molecule has 0 radical (unpaired) electrons. The van der Waals surface area contributed by atoms with Gasteiger partial charge in [-0.3, -0.25) is 9.59 Å². The Morgan fingerprint density at radius 1 is 1.21 bits per heavy atom. The number of nitrogens with one attached hydrogen (secondary N) is 2. The monoisotopic (exact) mass is 328 g/mol. The van der Waals surface area contributed by atoms with Crippen molar-refractivity contribution in [3.63, 3.8) is 0 Å². The number of carbonyl (C=O) groups excluding carboxylic acids is 2. The van der Waals surface area contributed by atoms with Crippen molar-refractivity contribution >= 4 is 17.5 Å². The lowest BCUT2D eigenvalue weighted by Gasteiger charge is -2.10. The molecule has 1 aromatic carbocycles. The highest BCUT2D eigenvalue weighted by Crippen LogP contribution is 2.11. The summed E-state index contributed by atoms with van der Waals surface area (Å²) in [5, 5.41) is 5.68. The molecule has 2 aromatic rings. The Hall–Kier alpha value is -2.63. The fourth-order valence-corrected chi connectivity index (χ4v) is 2.35. The predicted molar refractivity (Wildman–Crippen MR) is 93.9 cm³/mol. The quantitative estimate of drug-likeness (QED) is 0.820. The number of hydrogen-bond acceptors (Lipinski definition) is 3. The first kappa shape index (κ1) is 17.7. The zero-order valence-electron chi connectivity index (χ0n) is 14.4. The van der Waals surface area contributed by atoms with Gasteiger partial charge in [0.2, 0.25) is 5.91 Å². The third-order valence-electron chi connectivity index (χ3n) is 3.55. The Balaban J connectivity index is 1.86. The maximum absolute atomic E-state index is 12.0. The SMILES string of the molecule is CCc1nccn1CCC(=O)Nc1ccc(C(=O)NC(C)C)cc1. The minimum atomic E-state index is -0.116. The molecule has 0 aliphatic heterocycles. The molecule has 0 unspecified atom stereocenters. The van der Waals surface area contributed by atoms with Gasteiger partial charge in [-0.15, -0.1) is 0 Å². The van der Waals surface area contributed by atoms with Gasteiger partial charge in [-0.2, -0.15) is 0 Å². The molecule has 0 aliphatic carbocycles. The molecule has 0 bridgehead atoms. The number of amides is 2. The van der Waals surface area contributed by atoms with Crippen LogP contribution in [-0.4, -0.2) is 27.4 Å². The molecular formula is C18H24N4O2. The zero-order chi connectivity index (χ0) is 17.5. The van der Waals surface area contributed by atoms with Crippen molar-refractivity contribution in [3.05, 3.63) is 48.0 Å². The predicted octanol–water partition coefficient (Wildman–Crippen LogP) is 2.61. The highest BCUT2D eigenvalue weighted by Gasteiger charge is 2.08. The summed E-state index contributed by atoms with van der Waals surface area (Å²) in [6.45, 7) is 6.47. The summed E-state index contributed by atoms with van der Waals surface area (Å²) in [6, 6.07) is 6.98. The summed E-state index contributed by atoms with van der Waals surface area (Å²) in [4.78, 5) is 28.2. The Kier molecular flexibility index (Phi) is 6.12. The molecule has 2 amide bonds. The van der Waals surface area contributed by atoms with Gasteiger partial charge in [0.15, 0.2) is 0 Å². The summed E-state index contributed by atoms with van der Waals surface area (Å²) in [7, 11) is 0. The van der Waals surface area contributed by atoms with Gasteiger partial charge in [0.05, 0.1) is 0 Å². The molecule has 0 atom stereocenters. The number of imidazole rings is 1. The van der Waals surface area contributed by atoms with E-state index in [4.69, 9.17) is 0 Å². The van der Waals surface area contributed by atoms with Crippen molar-refractivity contribution in [1.82, 2.24) is 14.9 Å². The third-order valence-corrected chi connectivity index (χ3v) is 3.55. The molecule has 0 saturated heterocycles. The van der Waals surface area contributed by atoms with Crippen LogP contribution in [0.25, 0.3) is 0 Å². The highest BCUT2D eigenvalue weighted by atomic mass is 16.2. The summed E-state index contributed by atoms with van der Waals surface area (Å²) >= 11 is 0. The van der Waals surface area contributed by atoms with Gasteiger partial charge in [-0.25, -0.2) is 4.98 Å². The smallest absolute Gasteiger partial charge is 0.251 e. The number of anilines is 1. The van der Waals surface area contributed by atoms with Crippen LogP contribution in [0.1, 0.15) is 43.4 Å². The lowest BCUT2D eigenvalue weighted by Crippen LogP contribution is -2.30. The van der Waals surface area contributed by atoms with Crippen molar-refractivity contribution < 1.29 is 9.59 Å². The molecule has 6 nitrogen and oxygen atoms in total. The van der Waals surface area contributed by atoms with Gasteiger partial charge in [-0.05, 0) is 38.1 Å². The van der Waals surface area contributed by atoms with Gasteiger partial charge in [0.1, 0.15) is 5.82 Å². The standard InChI is InChI=1S/C18H24N4O2/c1-4-16-19-10-12-22(16)11-9-17(23)21-15-7-5-14(6-8-15)18(24)20-13(2)3/h5-8,10,12-13H,4,9,11H2,1-3H3,(H,20,24)(H,21,23). The number of rotatable bonds is 7. The molecule has 0 aliphatic rings. The van der Waals surface area contributed by atoms with Crippen molar-refractivity contribution in [1.29, 1.82) is 0 Å². The first-order chi connectivity index (χ1) is 11.5. The van der Waals surface area contributed by atoms with E-state index >= 15 is 0 Å². The average molecular weight is 328 g/mol. The van der Waals surface area contributed by atoms with Crippen LogP contribution in [0.2, 0.25) is 0 Å². The van der Waals surface area contributed by atoms with Gasteiger partial charge < -0.3 is 15.2 Å². The minimum absolute atomic E-state index is 0.0647. The summed E-state index contributed by atoms with van der Waals surface area (Å²) in [6.07, 6.45) is 4.85. The number of nitrogens with zero attached hydrogens (tertiary/aromatic N) is 2. The normalized spacial score (nSPS) is 10.7. The van der Waals surface area contributed by atoms with Crippen LogP contribution in [0.3, 0.4) is 0 Å². The average Bonchev–Trinajstić information content (AvgIpc) is 3.00. The summed E-state index contributed by atoms with van der Waals surface area (Å²) in [5.74, 6) is 0.795. The fraction of sp³-hybridized carbons (Fsp3) is 0.389. The topological polar surface area (TPSA) is 76.0 Å². The Bertz CT molecular complexity index is 689. The highest BCUT2D eigenvalue weighted by molar-refractivity contribution is 5.95. The van der Waals surface area contributed by atoms with E-state index in [-0.39, 0.29) is 17.9 Å². The molecule has 1 aromatic heterocycles. The van der Waals surface area contributed by atoms with E-state index in [1.165, 1.54) is 0 Å². The molecule has 6 heteroatoms. The number of carbonyl (C=O) groups is 2. The van der Waals surface area contributed by atoms with Crippen LogP contribution in [0.15, 0.2) is 36.7 Å². The molecule has 0 saturated carbocycles. The second-order valence-electron chi connectivity index (χ2n) is 5.89. The van der Waals surface area contributed by atoms with Crippen molar-refractivity contribution in [3.8, 4) is 0 Å². The van der Waals surface area contributed by atoms with Crippen LogP contribution in [0.5, 0.6) is 0 Å². The molecule has 1 heterocycles. The second-order valence-corrected chi connectivity index (χ2v) is 5.89. The van der Waals surface area contributed by atoms with Gasteiger partial charge in [0.25, 0.3) is 5.91 Å². The van der Waals surface area contributed by atoms with E-state index in [0.717, 1.165) is 12.2 Å². The summed E-state index contributed by atoms with van der Waals surface area (Å²) < 4.78 is 1.99. The van der Waals surface area contributed by atoms with Crippen molar-refractivity contribution in [2.75, 3.05) is 5.32 Å². The van der Waals surface area contributed by atoms with Gasteiger partial charge >= 0.3 is 0 Å². The van der Waals surface area contributed by atoms with Crippen LogP contribution < -0.4 is 10.6 Å². The van der Waals surface area contributed by atoms with Crippen LogP contribution in [0.4, 0.5) is 5.69 Å². The van der Waals surface area contributed by atoms with Gasteiger partial charge in [0, 0.05) is 49.1 Å². The van der Waals surface area contributed by atoms with E-state index in [2.05, 4.69) is 15.6 Å². The Labute approximate surface area is 142 Å². The number of aryl methyl sites for hydroxylation is 2. The molecular weight excluding hydrogens is 304 g/mol. The van der Waals surface area contributed by atoms with Gasteiger partial charge in [-0.1, -0.05) is 6.92 Å². The van der Waals surface area contributed by atoms with Crippen molar-refractivity contribution in [2.24, 2.45) is 0 Å². The lowest BCUT2D eigenvalue weighted by molar-refractivity contribution is -0.116. The molecule has 2 N–H and O–H groups in total.